The molecule has 4 heterocycles. The van der Waals surface area contributed by atoms with E-state index in [2.05, 4.69) is 29.1 Å². The number of nitrogens with one attached hydrogen (secondary N) is 1. The van der Waals surface area contributed by atoms with E-state index in [0.717, 1.165) is 19.6 Å². The molecule has 2 aromatic carbocycles. The molecule has 4 aliphatic rings. The van der Waals surface area contributed by atoms with Crippen LogP contribution in [0.4, 0.5) is 5.69 Å². The van der Waals surface area contributed by atoms with Gasteiger partial charge in [0.2, 0.25) is 0 Å². The first kappa shape index (κ1) is 43.2. The highest BCUT2D eigenvalue weighted by molar-refractivity contribution is 6.21. The quantitative estimate of drug-likeness (QED) is 0.242. The van der Waals surface area contributed by atoms with E-state index in [9.17, 15) is 35.1 Å². The molecular formula is C44H60N4O10. The van der Waals surface area contributed by atoms with Crippen LogP contribution in [0.1, 0.15) is 84.2 Å². The van der Waals surface area contributed by atoms with Crippen molar-refractivity contribution < 1.29 is 49.3 Å². The van der Waals surface area contributed by atoms with Crippen LogP contribution in [-0.2, 0) is 14.3 Å². The minimum absolute atomic E-state index is 0.0682. The van der Waals surface area contributed by atoms with Crippen LogP contribution >= 0.6 is 0 Å². The smallest absolute Gasteiger partial charge is 0.312 e. The number of rotatable bonds is 3. The van der Waals surface area contributed by atoms with Gasteiger partial charge in [0, 0.05) is 86.7 Å². The molecule has 0 saturated carbocycles. The summed E-state index contributed by atoms with van der Waals surface area (Å²) in [6, 6.07) is 0. The number of aliphatic hydroxyl groups excluding tert-OH is 3. The van der Waals surface area contributed by atoms with Gasteiger partial charge in [-0.3, -0.25) is 14.6 Å². The topological polar surface area (TPSA) is 203 Å². The molecular weight excluding hydrogens is 745 g/mol. The van der Waals surface area contributed by atoms with Gasteiger partial charge >= 0.3 is 5.79 Å². The molecule has 1 fully saturated rings. The highest BCUT2D eigenvalue weighted by Crippen LogP contribution is 2.51. The first-order chi connectivity index (χ1) is 27.3. The number of aliphatic hydroxyl groups is 3. The Hall–Kier alpha value is -4.34. The molecule has 14 heteroatoms. The largest absolute Gasteiger partial charge is 0.507 e. The van der Waals surface area contributed by atoms with Crippen LogP contribution in [0.2, 0.25) is 0 Å². The summed E-state index contributed by atoms with van der Waals surface area (Å²) in [5.41, 5.74) is -0.0451. The number of carbonyl (C=O) groups is 2. The minimum Gasteiger partial charge on any atom is -0.507 e. The van der Waals surface area contributed by atoms with E-state index in [0.29, 0.717) is 24.4 Å². The van der Waals surface area contributed by atoms with Crippen molar-refractivity contribution in [3.8, 4) is 17.2 Å². The summed E-state index contributed by atoms with van der Waals surface area (Å²) in [5, 5.41) is 61.5. The molecule has 4 bridgehead atoms. The number of aromatic hydroxyl groups is 2. The summed E-state index contributed by atoms with van der Waals surface area (Å²) in [7, 11) is 1.47. The number of hydrogen-bond acceptors (Lipinski definition) is 13. The molecule has 0 aromatic heterocycles. The third-order valence-corrected chi connectivity index (χ3v) is 12.7. The van der Waals surface area contributed by atoms with Crippen LogP contribution in [0.25, 0.3) is 10.8 Å². The molecule has 9 atom stereocenters. The number of anilines is 1. The molecule has 1 unspecified atom stereocenters. The fraction of sp³-hybridized carbons (Fsp3) is 0.591. The average molecular weight is 805 g/mol. The monoisotopic (exact) mass is 804 g/mol. The van der Waals surface area contributed by atoms with Crippen molar-refractivity contribution in [1.29, 1.82) is 0 Å². The Labute approximate surface area is 339 Å². The molecule has 1 amide bonds. The van der Waals surface area contributed by atoms with Crippen LogP contribution in [0, 0.1) is 36.5 Å². The van der Waals surface area contributed by atoms with E-state index in [4.69, 9.17) is 19.2 Å². The molecule has 1 spiro atoms. The van der Waals surface area contributed by atoms with Gasteiger partial charge in [0.05, 0.1) is 47.3 Å². The van der Waals surface area contributed by atoms with Crippen molar-refractivity contribution in [1.82, 2.24) is 4.90 Å². The van der Waals surface area contributed by atoms with Crippen molar-refractivity contribution in [3.63, 3.8) is 0 Å². The van der Waals surface area contributed by atoms with Gasteiger partial charge in [-0.05, 0) is 25.8 Å². The summed E-state index contributed by atoms with van der Waals surface area (Å²) in [5.74, 6) is -5.83. The van der Waals surface area contributed by atoms with E-state index in [1.165, 1.54) is 20.3 Å². The number of methoxy groups -OCH3 is 1. The van der Waals surface area contributed by atoms with E-state index in [-0.39, 0.29) is 49.7 Å². The van der Waals surface area contributed by atoms with Gasteiger partial charge in [0.1, 0.15) is 27.9 Å². The van der Waals surface area contributed by atoms with Crippen molar-refractivity contribution in [2.75, 3.05) is 32.1 Å². The highest BCUT2D eigenvalue weighted by Gasteiger charge is 2.50. The van der Waals surface area contributed by atoms with Crippen LogP contribution in [0.15, 0.2) is 46.1 Å². The van der Waals surface area contributed by atoms with Gasteiger partial charge in [-0.15, -0.1) is 0 Å². The Morgan fingerprint density at radius 3 is 2.21 bits per heavy atom. The standard InChI is InChI=1S/C44H60N4O10/c1-21(2)20-48-17-15-44(16-18-48)46-32-29-30-38(52)27(8)40-31(29)41(54)43(9,58-40)57-19-14-28(56-10)24(5)36(50)26(7)37(51)25(6)35(49)22(3)12-11-13-23(4)42(55)45-34(39(30)53)33(32)47-44/h11-14,19,21-22,24-26,28,35-37,46,49-53H,15-18,20H2,1-10H3/b12-11+,19-14+,23-13-,45-34?/t22-,24+,25+,26-,28-,35-,36+,37+,43?/m0/s1. The number of hydrogen-bond donors (Lipinski definition) is 6. The Kier molecular flexibility index (Phi) is 12.2. The van der Waals surface area contributed by atoms with Gasteiger partial charge in [-0.25, -0.2) is 4.99 Å². The summed E-state index contributed by atoms with van der Waals surface area (Å²) >= 11 is 0. The van der Waals surface area contributed by atoms with E-state index < -0.39 is 77.0 Å². The van der Waals surface area contributed by atoms with E-state index in [1.807, 2.05) is 0 Å². The molecule has 58 heavy (non-hydrogen) atoms. The predicted octanol–water partition coefficient (Wildman–Crippen LogP) is 4.18. The van der Waals surface area contributed by atoms with E-state index in [1.54, 1.807) is 65.8 Å². The number of phenols is 2. The Bertz CT molecular complexity index is 2170. The number of phenolic OH excluding ortho intramolecular Hbond substituents is 2. The lowest BCUT2D eigenvalue weighted by molar-refractivity contribution is -0.114. The normalized spacial score (nSPS) is 33.9. The van der Waals surface area contributed by atoms with Crippen LogP contribution in [0.3, 0.4) is 0 Å². The molecule has 6 N–H and O–H groups in total. The first-order valence-corrected chi connectivity index (χ1v) is 20.3. The molecule has 4 aliphatic heterocycles. The number of benzene rings is 2. The van der Waals surface area contributed by atoms with Crippen molar-refractivity contribution in [2.45, 2.75) is 111 Å². The lowest BCUT2D eigenvalue weighted by Crippen LogP contribution is -2.47. The van der Waals surface area contributed by atoms with Gasteiger partial charge in [-0.1, -0.05) is 59.8 Å². The second kappa shape index (κ2) is 16.4. The number of piperidine rings is 1. The van der Waals surface area contributed by atoms with Gasteiger partial charge in [0.25, 0.3) is 11.7 Å². The number of Topliss-reactive ketones (excluding diaryl/α,β-unsaturated/α-hetero) is 1. The van der Waals surface area contributed by atoms with Crippen molar-refractivity contribution >= 4 is 28.2 Å². The fourth-order valence-electron chi connectivity index (χ4n) is 8.85. The Balaban J connectivity index is 1.55. The zero-order chi connectivity index (χ0) is 42.6. The number of allylic oxidation sites excluding steroid dienone is 2. The predicted molar refractivity (Wildman–Crippen MR) is 218 cm³/mol. The zero-order valence-electron chi connectivity index (χ0n) is 35.2. The number of ketones is 1. The van der Waals surface area contributed by atoms with Crippen molar-refractivity contribution in [2.24, 2.45) is 39.6 Å². The Morgan fingerprint density at radius 2 is 1.57 bits per heavy atom. The maximum atomic E-state index is 14.6. The highest BCUT2D eigenvalue weighted by atomic mass is 16.7. The lowest BCUT2D eigenvalue weighted by atomic mass is 9.78. The summed E-state index contributed by atoms with van der Waals surface area (Å²) < 4.78 is 18.0. The number of amides is 1. The van der Waals surface area contributed by atoms with Gasteiger partial charge in [-0.2, -0.15) is 0 Å². The summed E-state index contributed by atoms with van der Waals surface area (Å²) in [6.45, 7) is 18.3. The van der Waals surface area contributed by atoms with Crippen LogP contribution < -0.4 is 20.8 Å². The number of likely N-dealkylation sites (tertiary alicyclic amines) is 1. The number of ether oxygens (including phenoxy) is 3. The van der Waals surface area contributed by atoms with Gasteiger partial charge in [0.15, 0.2) is 5.75 Å². The number of fused-ring (bicyclic) bond motifs is 1. The molecule has 14 nitrogen and oxygen atoms in total. The molecule has 6 rings (SSSR count). The minimum atomic E-state index is -1.92. The SMILES string of the molecule is CO[C@H]1/C=C/OC2(C)Oc3c(C)c(O)c4c(O)c(c5c(c4c3C2=O)NC2(CCN(CC(C)C)CC2)N=5)=NC(=O)/C(C)=C\C=C\[C@H](C)[C@H](O)[C@@H](C)[C@@H](O)[C@@H](C)[C@H](O)[C@@H]1C. The molecule has 1 saturated heterocycles. The van der Waals surface area contributed by atoms with Crippen LogP contribution in [-0.4, -0.2) is 105 Å². The lowest BCUT2D eigenvalue weighted by Gasteiger charge is -2.38. The second-order valence-electron chi connectivity index (χ2n) is 17.4. The zero-order valence-corrected chi connectivity index (χ0v) is 35.2. The average Bonchev–Trinajstić information content (AvgIpc) is 3.69. The third-order valence-electron chi connectivity index (χ3n) is 12.7. The summed E-state index contributed by atoms with van der Waals surface area (Å²) in [6.07, 6.45) is 5.02. The maximum Gasteiger partial charge on any atom is 0.312 e. The maximum absolute atomic E-state index is 14.6. The molecule has 0 aliphatic carbocycles. The van der Waals surface area contributed by atoms with Crippen LogP contribution in [0.5, 0.6) is 17.2 Å². The molecule has 0 radical (unpaired) electrons. The fourth-order valence-corrected chi connectivity index (χ4v) is 8.85. The summed E-state index contributed by atoms with van der Waals surface area (Å²) in [4.78, 5) is 40.3. The van der Waals surface area contributed by atoms with Gasteiger partial charge < -0.3 is 50.0 Å². The molecule has 316 valence electrons. The van der Waals surface area contributed by atoms with E-state index >= 15 is 0 Å². The number of carbonyl (C=O) groups excluding carboxylic acids is 2. The molecule has 2 aromatic rings. The second-order valence-corrected chi connectivity index (χ2v) is 17.4. The number of nitrogens with zero attached hydrogens (tertiary/aromatic N) is 3. The van der Waals surface area contributed by atoms with Crippen molar-refractivity contribution in [3.05, 3.63) is 58.0 Å². The Morgan fingerprint density at radius 1 is 0.931 bits per heavy atom. The first-order valence-electron chi connectivity index (χ1n) is 20.3. The third kappa shape index (κ3) is 7.65.